The highest BCUT2D eigenvalue weighted by Crippen LogP contribution is 2.20. The molecule has 0 unspecified atom stereocenters. The van der Waals surface area contributed by atoms with Crippen molar-refractivity contribution in [3.05, 3.63) is 63.2 Å². The first-order valence-electron chi connectivity index (χ1n) is 9.89. The lowest BCUT2D eigenvalue weighted by Crippen LogP contribution is -2.51. The number of likely N-dealkylation sites (N-methyl/N-ethyl adjacent to an activating group) is 1. The molecule has 2 rings (SSSR count). The number of sulfonamides is 1. The van der Waals surface area contributed by atoms with Crippen LogP contribution in [0.25, 0.3) is 0 Å². The number of hydrogen-bond acceptors (Lipinski definition) is 4. The van der Waals surface area contributed by atoms with Crippen LogP contribution in [0, 0.1) is 10.5 Å². The van der Waals surface area contributed by atoms with Crippen LogP contribution < -0.4 is 9.62 Å². The molecule has 31 heavy (non-hydrogen) atoms. The van der Waals surface area contributed by atoms with E-state index in [0.717, 1.165) is 25.3 Å². The average molecular weight is 557 g/mol. The first kappa shape index (κ1) is 25.1. The smallest absolute Gasteiger partial charge is 0.244 e. The molecule has 2 aromatic rings. The summed E-state index contributed by atoms with van der Waals surface area (Å²) in [5, 5.41) is 2.73. The predicted molar refractivity (Wildman–Crippen MR) is 131 cm³/mol. The minimum absolute atomic E-state index is 0.196. The number of rotatable bonds is 9. The molecule has 9 heteroatoms. The summed E-state index contributed by atoms with van der Waals surface area (Å²) in [6.07, 6.45) is 1.07. The Morgan fingerprint density at radius 2 is 1.65 bits per heavy atom. The van der Waals surface area contributed by atoms with Crippen LogP contribution >= 0.6 is 22.6 Å². The molecule has 2 amide bonds. The summed E-state index contributed by atoms with van der Waals surface area (Å²) in [6.45, 7) is 5.66. The Bertz CT molecular complexity index is 1010. The molecule has 7 nitrogen and oxygen atoms in total. The van der Waals surface area contributed by atoms with Crippen LogP contribution in [0.5, 0.6) is 0 Å². The van der Waals surface area contributed by atoms with Crippen molar-refractivity contribution in [2.24, 2.45) is 0 Å². The maximum Gasteiger partial charge on any atom is 0.244 e. The SMILES string of the molecule is CCNC(=O)[C@@H](C)N(Cc1ccc(C)cc1)C(=O)CN(c1ccc(I)cc1)S(C)(=O)=O. The molecule has 1 N–H and O–H groups in total. The van der Waals surface area contributed by atoms with E-state index in [1.807, 2.05) is 31.2 Å². The maximum absolute atomic E-state index is 13.3. The Kier molecular flexibility index (Phi) is 8.87. The minimum Gasteiger partial charge on any atom is -0.355 e. The maximum atomic E-state index is 13.3. The Morgan fingerprint density at radius 3 is 2.16 bits per heavy atom. The van der Waals surface area contributed by atoms with E-state index in [1.165, 1.54) is 4.90 Å². The molecule has 0 aliphatic rings. The zero-order valence-corrected chi connectivity index (χ0v) is 21.1. The topological polar surface area (TPSA) is 86.8 Å². The fraction of sp³-hybridized carbons (Fsp3) is 0.364. The van der Waals surface area contributed by atoms with Crippen LogP contribution in [0.4, 0.5) is 5.69 Å². The Hall–Kier alpha value is -2.14. The quantitative estimate of drug-likeness (QED) is 0.481. The Morgan fingerprint density at radius 1 is 1.06 bits per heavy atom. The van der Waals surface area contributed by atoms with Crippen molar-refractivity contribution in [2.45, 2.75) is 33.4 Å². The van der Waals surface area contributed by atoms with Crippen molar-refractivity contribution in [1.82, 2.24) is 10.2 Å². The van der Waals surface area contributed by atoms with Gasteiger partial charge in [-0.2, -0.15) is 0 Å². The minimum atomic E-state index is -3.71. The number of hydrogen-bond donors (Lipinski definition) is 1. The standard InChI is InChI=1S/C22H28IN3O4S/c1-5-24-22(28)17(3)25(14-18-8-6-16(2)7-9-18)21(27)15-26(31(4,29)30)20-12-10-19(23)11-13-20/h6-13,17H,5,14-15H2,1-4H3,(H,24,28)/t17-/m1/s1. The second kappa shape index (κ2) is 10.9. The van der Waals surface area contributed by atoms with Gasteiger partial charge in [-0.3, -0.25) is 13.9 Å². The average Bonchev–Trinajstić information content (AvgIpc) is 2.71. The van der Waals surface area contributed by atoms with Gasteiger partial charge < -0.3 is 10.2 Å². The van der Waals surface area contributed by atoms with Gasteiger partial charge in [0.15, 0.2) is 0 Å². The lowest BCUT2D eigenvalue weighted by molar-refractivity contribution is -0.139. The van der Waals surface area contributed by atoms with Crippen molar-refractivity contribution in [1.29, 1.82) is 0 Å². The molecular weight excluding hydrogens is 529 g/mol. The summed E-state index contributed by atoms with van der Waals surface area (Å²) in [7, 11) is -3.71. The summed E-state index contributed by atoms with van der Waals surface area (Å²) >= 11 is 2.13. The van der Waals surface area contributed by atoms with Gasteiger partial charge in [0.25, 0.3) is 0 Å². The van der Waals surface area contributed by atoms with E-state index in [9.17, 15) is 18.0 Å². The summed E-state index contributed by atoms with van der Waals surface area (Å²) < 4.78 is 26.9. The van der Waals surface area contributed by atoms with Gasteiger partial charge in [0, 0.05) is 16.7 Å². The van der Waals surface area contributed by atoms with Gasteiger partial charge in [0.2, 0.25) is 21.8 Å². The molecule has 0 spiro atoms. The van der Waals surface area contributed by atoms with Crippen molar-refractivity contribution < 1.29 is 18.0 Å². The Balaban J connectivity index is 2.35. The number of aryl methyl sites for hydroxylation is 1. The molecule has 0 aliphatic heterocycles. The summed E-state index contributed by atoms with van der Waals surface area (Å²) in [5.74, 6) is -0.744. The number of nitrogens with zero attached hydrogens (tertiary/aromatic N) is 2. The third kappa shape index (κ3) is 7.20. The highest BCUT2D eigenvalue weighted by molar-refractivity contribution is 14.1. The van der Waals surface area contributed by atoms with E-state index in [1.54, 1.807) is 38.1 Å². The van der Waals surface area contributed by atoms with Crippen LogP contribution in [0.2, 0.25) is 0 Å². The molecule has 168 valence electrons. The molecular formula is C22H28IN3O4S. The molecule has 0 saturated carbocycles. The summed E-state index contributed by atoms with van der Waals surface area (Å²) in [4.78, 5) is 27.2. The number of nitrogens with one attached hydrogen (secondary N) is 1. The number of benzene rings is 2. The van der Waals surface area contributed by atoms with Crippen LogP contribution in [0.15, 0.2) is 48.5 Å². The lowest BCUT2D eigenvalue weighted by Gasteiger charge is -2.31. The van der Waals surface area contributed by atoms with Gasteiger partial charge in [0.1, 0.15) is 12.6 Å². The van der Waals surface area contributed by atoms with Gasteiger partial charge in [-0.25, -0.2) is 8.42 Å². The zero-order chi connectivity index (χ0) is 23.2. The number of anilines is 1. The van der Waals surface area contributed by atoms with E-state index >= 15 is 0 Å². The molecule has 0 aromatic heterocycles. The van der Waals surface area contributed by atoms with Gasteiger partial charge in [-0.1, -0.05) is 29.8 Å². The van der Waals surface area contributed by atoms with Crippen LogP contribution in [-0.4, -0.2) is 50.5 Å². The first-order chi connectivity index (χ1) is 14.5. The van der Waals surface area contributed by atoms with Gasteiger partial charge in [-0.05, 0) is 73.2 Å². The van der Waals surface area contributed by atoms with Crippen molar-refractivity contribution in [2.75, 3.05) is 23.7 Å². The first-order valence-corrected chi connectivity index (χ1v) is 12.8. The summed E-state index contributed by atoms with van der Waals surface area (Å²) in [5.41, 5.74) is 2.34. The lowest BCUT2D eigenvalue weighted by atomic mass is 10.1. The summed E-state index contributed by atoms with van der Waals surface area (Å²) in [6, 6.07) is 13.8. The normalized spacial score (nSPS) is 12.2. The van der Waals surface area contributed by atoms with E-state index in [0.29, 0.717) is 12.2 Å². The number of halogens is 1. The fourth-order valence-electron chi connectivity index (χ4n) is 3.02. The highest BCUT2D eigenvalue weighted by Gasteiger charge is 2.29. The molecule has 0 bridgehead atoms. The highest BCUT2D eigenvalue weighted by atomic mass is 127. The number of carbonyl (C=O) groups excluding carboxylic acids is 2. The van der Waals surface area contributed by atoms with E-state index in [-0.39, 0.29) is 12.5 Å². The van der Waals surface area contributed by atoms with Crippen LogP contribution in [-0.2, 0) is 26.2 Å². The van der Waals surface area contributed by atoms with Crippen molar-refractivity contribution in [3.8, 4) is 0 Å². The molecule has 0 aliphatic carbocycles. The van der Waals surface area contributed by atoms with Gasteiger partial charge in [-0.15, -0.1) is 0 Å². The van der Waals surface area contributed by atoms with Gasteiger partial charge >= 0.3 is 0 Å². The second-order valence-corrected chi connectivity index (χ2v) is 10.5. The van der Waals surface area contributed by atoms with Crippen LogP contribution in [0.1, 0.15) is 25.0 Å². The van der Waals surface area contributed by atoms with Gasteiger partial charge in [0.05, 0.1) is 11.9 Å². The van der Waals surface area contributed by atoms with Crippen LogP contribution in [0.3, 0.4) is 0 Å². The largest absolute Gasteiger partial charge is 0.355 e. The molecule has 1 atom stereocenters. The zero-order valence-electron chi connectivity index (χ0n) is 18.1. The number of amides is 2. The van der Waals surface area contributed by atoms with Crippen molar-refractivity contribution in [3.63, 3.8) is 0 Å². The second-order valence-electron chi connectivity index (χ2n) is 7.32. The number of carbonyl (C=O) groups is 2. The molecule has 0 heterocycles. The molecule has 0 fully saturated rings. The molecule has 0 radical (unpaired) electrons. The van der Waals surface area contributed by atoms with E-state index in [2.05, 4.69) is 27.9 Å². The van der Waals surface area contributed by atoms with E-state index < -0.39 is 28.5 Å². The monoisotopic (exact) mass is 557 g/mol. The third-order valence-corrected chi connectivity index (χ3v) is 6.65. The Labute approximate surface area is 198 Å². The van der Waals surface area contributed by atoms with E-state index in [4.69, 9.17) is 0 Å². The molecule has 0 saturated heterocycles. The fourth-order valence-corrected chi connectivity index (χ4v) is 4.23. The predicted octanol–water partition coefficient (Wildman–Crippen LogP) is 2.92. The van der Waals surface area contributed by atoms with Crippen molar-refractivity contribution >= 4 is 50.1 Å². The molecule has 2 aromatic carbocycles. The third-order valence-electron chi connectivity index (χ3n) is 4.79.